The van der Waals surface area contributed by atoms with Crippen molar-refractivity contribution in [1.29, 1.82) is 0 Å². The Kier molecular flexibility index (Phi) is 6.28. The minimum Gasteiger partial charge on any atom is -0.347 e. The third-order valence-corrected chi connectivity index (χ3v) is 7.37. The molecule has 34 heavy (non-hydrogen) atoms. The van der Waals surface area contributed by atoms with Gasteiger partial charge in [-0.05, 0) is 41.2 Å². The standard InChI is InChI=1S/C24H27F4N3O2S/c1-23(2,3)15-30-14-16(13-29-34(32,33)31-9-6-10-31)18-11-21(25)19(12-22(18)30)17-7-4-5-8-20(17)24(26,27)28/h4-5,7-8,11-12,14,29H,6,9-10,13,15H2,1-3H3. The van der Waals surface area contributed by atoms with E-state index in [1.807, 2.05) is 25.3 Å². The van der Waals surface area contributed by atoms with E-state index in [9.17, 15) is 21.6 Å². The van der Waals surface area contributed by atoms with Crippen LogP contribution in [0.1, 0.15) is 38.3 Å². The number of rotatable bonds is 6. The summed E-state index contributed by atoms with van der Waals surface area (Å²) in [6.07, 6.45) is -2.09. The molecule has 0 saturated carbocycles. The van der Waals surface area contributed by atoms with Gasteiger partial charge in [0.2, 0.25) is 0 Å². The fraction of sp³-hybridized carbons (Fsp3) is 0.417. The van der Waals surface area contributed by atoms with Crippen molar-refractivity contribution >= 4 is 21.1 Å². The van der Waals surface area contributed by atoms with Gasteiger partial charge in [0, 0.05) is 48.8 Å². The van der Waals surface area contributed by atoms with Crippen LogP contribution in [0.3, 0.4) is 0 Å². The second-order valence-corrected chi connectivity index (χ2v) is 11.6. The Bertz CT molecular complexity index is 1320. The van der Waals surface area contributed by atoms with Gasteiger partial charge in [-0.2, -0.15) is 30.6 Å². The Hall–Kier alpha value is -2.43. The molecule has 10 heteroatoms. The average Bonchev–Trinajstić information content (AvgIpc) is 2.98. The molecule has 2 heterocycles. The van der Waals surface area contributed by atoms with Crippen LogP contribution in [0.2, 0.25) is 0 Å². The van der Waals surface area contributed by atoms with Crippen molar-refractivity contribution in [2.45, 2.75) is 46.5 Å². The molecule has 0 spiro atoms. The maximum atomic E-state index is 15.2. The summed E-state index contributed by atoms with van der Waals surface area (Å²) in [5.74, 6) is -0.801. The van der Waals surface area contributed by atoms with Crippen LogP contribution < -0.4 is 4.72 Å². The van der Waals surface area contributed by atoms with E-state index in [1.165, 1.54) is 34.6 Å². The molecule has 0 unspecified atom stereocenters. The molecule has 0 aliphatic carbocycles. The summed E-state index contributed by atoms with van der Waals surface area (Å²) in [6, 6.07) is 7.53. The smallest absolute Gasteiger partial charge is 0.347 e. The first kappa shape index (κ1) is 24.7. The van der Waals surface area contributed by atoms with E-state index in [-0.39, 0.29) is 23.1 Å². The summed E-state index contributed by atoms with van der Waals surface area (Å²) < 4.78 is 86.6. The van der Waals surface area contributed by atoms with Crippen LogP contribution in [0.15, 0.2) is 42.6 Å². The Morgan fingerprint density at radius 1 is 1.03 bits per heavy atom. The summed E-state index contributed by atoms with van der Waals surface area (Å²) >= 11 is 0. The van der Waals surface area contributed by atoms with Crippen molar-refractivity contribution in [3.63, 3.8) is 0 Å². The molecule has 1 saturated heterocycles. The minimum atomic E-state index is -4.63. The van der Waals surface area contributed by atoms with Crippen LogP contribution in [0.25, 0.3) is 22.0 Å². The molecule has 0 radical (unpaired) electrons. The van der Waals surface area contributed by atoms with Crippen LogP contribution >= 0.6 is 0 Å². The Balaban J connectivity index is 1.82. The lowest BCUT2D eigenvalue weighted by Crippen LogP contribution is -2.47. The minimum absolute atomic E-state index is 0.0512. The van der Waals surface area contributed by atoms with Crippen LogP contribution in [0.4, 0.5) is 17.6 Å². The lowest BCUT2D eigenvalue weighted by molar-refractivity contribution is -0.137. The van der Waals surface area contributed by atoms with Crippen LogP contribution in [0, 0.1) is 11.2 Å². The van der Waals surface area contributed by atoms with E-state index >= 15 is 4.39 Å². The molecule has 0 amide bonds. The third-order valence-electron chi connectivity index (χ3n) is 5.82. The Labute approximate surface area is 196 Å². The molecular formula is C24H27F4N3O2S. The van der Waals surface area contributed by atoms with Crippen LogP contribution in [0.5, 0.6) is 0 Å². The van der Waals surface area contributed by atoms with Gasteiger partial charge >= 0.3 is 6.18 Å². The number of aromatic nitrogens is 1. The predicted octanol–water partition coefficient (Wildman–Crippen LogP) is 5.55. The van der Waals surface area contributed by atoms with Crippen LogP contribution in [-0.2, 0) is 29.5 Å². The molecule has 1 N–H and O–H groups in total. The quantitative estimate of drug-likeness (QED) is 0.454. The number of nitrogens with zero attached hydrogens (tertiary/aromatic N) is 2. The van der Waals surface area contributed by atoms with Gasteiger partial charge in [0.05, 0.1) is 5.56 Å². The maximum Gasteiger partial charge on any atom is 0.417 e. The number of alkyl halides is 3. The van der Waals surface area contributed by atoms with E-state index in [4.69, 9.17) is 0 Å². The maximum absolute atomic E-state index is 15.2. The molecular weight excluding hydrogens is 470 g/mol. The molecule has 1 fully saturated rings. The number of benzene rings is 2. The van der Waals surface area contributed by atoms with E-state index in [2.05, 4.69) is 4.72 Å². The number of hydrogen-bond acceptors (Lipinski definition) is 2. The molecule has 184 valence electrons. The first-order chi connectivity index (χ1) is 15.8. The summed E-state index contributed by atoms with van der Waals surface area (Å²) in [6.45, 7) is 7.39. The highest BCUT2D eigenvalue weighted by atomic mass is 32.2. The van der Waals surface area contributed by atoms with E-state index in [0.29, 0.717) is 36.1 Å². The molecule has 4 rings (SSSR count). The summed E-state index contributed by atoms with van der Waals surface area (Å²) in [5, 5.41) is 0.460. The number of halogens is 4. The van der Waals surface area contributed by atoms with Crippen molar-refractivity contribution in [2.75, 3.05) is 13.1 Å². The second kappa shape index (κ2) is 8.66. The molecule has 1 aliphatic heterocycles. The Morgan fingerprint density at radius 2 is 1.71 bits per heavy atom. The SMILES string of the molecule is CC(C)(C)Cn1cc(CNS(=O)(=O)N2CCC2)c2cc(F)c(-c3ccccc3C(F)(F)F)cc21. The first-order valence-electron chi connectivity index (χ1n) is 11.0. The van der Waals surface area contributed by atoms with Crippen molar-refractivity contribution in [3.05, 3.63) is 59.5 Å². The van der Waals surface area contributed by atoms with Crippen molar-refractivity contribution in [2.24, 2.45) is 5.41 Å². The van der Waals surface area contributed by atoms with Gasteiger partial charge in [-0.3, -0.25) is 0 Å². The predicted molar refractivity (Wildman–Crippen MR) is 124 cm³/mol. The van der Waals surface area contributed by atoms with Crippen molar-refractivity contribution < 1.29 is 26.0 Å². The van der Waals surface area contributed by atoms with Gasteiger partial charge in [-0.25, -0.2) is 4.39 Å². The molecule has 0 bridgehead atoms. The normalized spacial score (nSPS) is 15.6. The highest BCUT2D eigenvalue weighted by Gasteiger charge is 2.34. The summed E-state index contributed by atoms with van der Waals surface area (Å²) in [5.41, 5.74) is -0.387. The van der Waals surface area contributed by atoms with Gasteiger partial charge in [-0.15, -0.1) is 0 Å². The van der Waals surface area contributed by atoms with Crippen LogP contribution in [-0.4, -0.2) is 30.4 Å². The monoisotopic (exact) mass is 497 g/mol. The van der Waals surface area contributed by atoms with Crippen molar-refractivity contribution in [1.82, 2.24) is 13.6 Å². The Morgan fingerprint density at radius 3 is 2.29 bits per heavy atom. The summed E-state index contributed by atoms with van der Waals surface area (Å²) in [4.78, 5) is 0. The zero-order chi connectivity index (χ0) is 24.9. The topological polar surface area (TPSA) is 54.3 Å². The summed E-state index contributed by atoms with van der Waals surface area (Å²) in [7, 11) is -3.64. The van der Waals surface area contributed by atoms with Gasteiger partial charge < -0.3 is 4.57 Å². The van der Waals surface area contributed by atoms with Gasteiger partial charge in [0.15, 0.2) is 0 Å². The van der Waals surface area contributed by atoms with E-state index in [1.54, 1.807) is 6.20 Å². The zero-order valence-corrected chi connectivity index (χ0v) is 20.0. The third kappa shape index (κ3) is 4.99. The molecule has 1 aliphatic rings. The molecule has 3 aromatic rings. The number of hydrogen-bond donors (Lipinski definition) is 1. The van der Waals surface area contributed by atoms with Crippen molar-refractivity contribution in [3.8, 4) is 11.1 Å². The molecule has 0 atom stereocenters. The fourth-order valence-electron chi connectivity index (χ4n) is 4.13. The zero-order valence-electron chi connectivity index (χ0n) is 19.2. The molecule has 1 aromatic heterocycles. The van der Waals surface area contributed by atoms with E-state index in [0.717, 1.165) is 12.5 Å². The largest absolute Gasteiger partial charge is 0.417 e. The lowest BCUT2D eigenvalue weighted by atomic mass is 9.96. The molecule has 5 nitrogen and oxygen atoms in total. The lowest BCUT2D eigenvalue weighted by Gasteiger charge is -2.29. The highest BCUT2D eigenvalue weighted by Crippen LogP contribution is 2.39. The highest BCUT2D eigenvalue weighted by molar-refractivity contribution is 7.87. The average molecular weight is 498 g/mol. The van der Waals surface area contributed by atoms with E-state index < -0.39 is 27.8 Å². The van der Waals surface area contributed by atoms with Gasteiger partial charge in [0.1, 0.15) is 5.82 Å². The second-order valence-electron chi connectivity index (χ2n) is 9.81. The number of nitrogens with one attached hydrogen (secondary N) is 1. The van der Waals surface area contributed by atoms with Gasteiger partial charge in [0.25, 0.3) is 10.2 Å². The number of fused-ring (bicyclic) bond motifs is 1. The first-order valence-corrected chi connectivity index (χ1v) is 12.4. The molecule has 2 aromatic carbocycles. The fourth-order valence-corrected chi connectivity index (χ4v) is 5.39. The van der Waals surface area contributed by atoms with Gasteiger partial charge in [-0.1, -0.05) is 39.0 Å².